The molecule has 0 aliphatic carbocycles. The highest BCUT2D eigenvalue weighted by molar-refractivity contribution is 7.99. The number of nitrogens with zero attached hydrogens (tertiary/aromatic N) is 3. The molecule has 0 fully saturated rings. The van der Waals surface area contributed by atoms with Crippen LogP contribution in [0.5, 0.6) is 0 Å². The molecule has 2 aromatic carbocycles. The number of para-hydroxylation sites is 1. The standard InChI is InChI=1S/C23H19N3O5S/c1-29-22(28)19-13-12-18(31-19)14-30-20(27)15-32-23-25-24-21(16-8-4-2-5-9-16)26(23)17-10-6-3-7-11-17/h2-13H,14-15H2,1H3. The number of aromatic nitrogens is 3. The summed E-state index contributed by atoms with van der Waals surface area (Å²) in [6.07, 6.45) is 0. The van der Waals surface area contributed by atoms with Crippen LogP contribution >= 0.6 is 11.8 Å². The van der Waals surface area contributed by atoms with Crippen LogP contribution < -0.4 is 0 Å². The smallest absolute Gasteiger partial charge is 0.373 e. The van der Waals surface area contributed by atoms with E-state index in [9.17, 15) is 9.59 Å². The van der Waals surface area contributed by atoms with Crippen molar-refractivity contribution >= 4 is 23.7 Å². The van der Waals surface area contributed by atoms with Crippen LogP contribution in [0.1, 0.15) is 16.3 Å². The van der Waals surface area contributed by atoms with E-state index in [1.807, 2.05) is 65.2 Å². The number of carbonyl (C=O) groups is 2. The highest BCUT2D eigenvalue weighted by Crippen LogP contribution is 2.28. The molecule has 0 N–H and O–H groups in total. The molecule has 2 heterocycles. The number of ether oxygens (including phenoxy) is 2. The quantitative estimate of drug-likeness (QED) is 0.292. The largest absolute Gasteiger partial charge is 0.463 e. The average Bonchev–Trinajstić information content (AvgIpc) is 3.49. The van der Waals surface area contributed by atoms with Crippen molar-refractivity contribution in [2.24, 2.45) is 0 Å². The molecule has 0 aliphatic heterocycles. The Labute approximate surface area is 188 Å². The minimum Gasteiger partial charge on any atom is -0.463 e. The summed E-state index contributed by atoms with van der Waals surface area (Å²) in [6.45, 7) is -0.0863. The van der Waals surface area contributed by atoms with Gasteiger partial charge in [-0.25, -0.2) is 4.79 Å². The van der Waals surface area contributed by atoms with E-state index < -0.39 is 11.9 Å². The Morgan fingerprint density at radius 2 is 1.69 bits per heavy atom. The minimum atomic E-state index is -0.590. The fraction of sp³-hybridized carbons (Fsp3) is 0.130. The maximum Gasteiger partial charge on any atom is 0.373 e. The summed E-state index contributed by atoms with van der Waals surface area (Å²) in [7, 11) is 1.26. The van der Waals surface area contributed by atoms with Crippen LogP contribution in [0.2, 0.25) is 0 Å². The molecule has 4 rings (SSSR count). The van der Waals surface area contributed by atoms with E-state index in [1.54, 1.807) is 6.07 Å². The van der Waals surface area contributed by atoms with Crippen molar-refractivity contribution in [2.45, 2.75) is 11.8 Å². The summed E-state index contributed by atoms with van der Waals surface area (Å²) >= 11 is 1.22. The van der Waals surface area contributed by atoms with Crippen LogP contribution in [-0.2, 0) is 20.9 Å². The molecule has 4 aromatic rings. The van der Waals surface area contributed by atoms with E-state index in [0.717, 1.165) is 11.3 Å². The Hall–Kier alpha value is -3.85. The molecule has 0 saturated carbocycles. The van der Waals surface area contributed by atoms with Gasteiger partial charge in [-0.2, -0.15) is 0 Å². The first kappa shape index (κ1) is 21.4. The van der Waals surface area contributed by atoms with Gasteiger partial charge in [0.05, 0.1) is 12.9 Å². The fourth-order valence-corrected chi connectivity index (χ4v) is 3.68. The lowest BCUT2D eigenvalue weighted by molar-refractivity contribution is -0.142. The SMILES string of the molecule is COC(=O)c1ccc(COC(=O)CSc2nnc(-c3ccccc3)n2-c2ccccc2)o1. The first-order chi connectivity index (χ1) is 15.7. The molecule has 0 bridgehead atoms. The lowest BCUT2D eigenvalue weighted by atomic mass is 10.2. The third kappa shape index (κ3) is 4.89. The number of thioether (sulfide) groups is 1. The minimum absolute atomic E-state index is 0.0321. The van der Waals surface area contributed by atoms with Gasteiger partial charge in [-0.1, -0.05) is 60.3 Å². The second kappa shape index (κ2) is 9.97. The summed E-state index contributed by atoms with van der Waals surface area (Å²) in [4.78, 5) is 23.7. The van der Waals surface area contributed by atoms with Crippen molar-refractivity contribution in [1.82, 2.24) is 14.8 Å². The molecule has 2 aromatic heterocycles. The Morgan fingerprint density at radius 1 is 0.969 bits per heavy atom. The van der Waals surface area contributed by atoms with E-state index in [4.69, 9.17) is 9.15 Å². The van der Waals surface area contributed by atoms with Crippen LogP contribution in [-0.4, -0.2) is 39.6 Å². The second-order valence-corrected chi connectivity index (χ2v) is 7.49. The molecule has 0 amide bonds. The van der Waals surface area contributed by atoms with Gasteiger partial charge >= 0.3 is 11.9 Å². The van der Waals surface area contributed by atoms with E-state index in [-0.39, 0.29) is 18.1 Å². The zero-order valence-electron chi connectivity index (χ0n) is 17.1. The number of esters is 2. The average molecular weight is 449 g/mol. The number of methoxy groups -OCH3 is 1. The van der Waals surface area contributed by atoms with Crippen molar-refractivity contribution in [3.63, 3.8) is 0 Å². The zero-order valence-corrected chi connectivity index (χ0v) is 18.0. The molecule has 32 heavy (non-hydrogen) atoms. The Bertz CT molecular complexity index is 1200. The van der Waals surface area contributed by atoms with Crippen molar-refractivity contribution < 1.29 is 23.5 Å². The number of rotatable bonds is 8. The molecule has 0 unspecified atom stereocenters. The van der Waals surface area contributed by atoms with Crippen molar-refractivity contribution in [2.75, 3.05) is 12.9 Å². The predicted octanol–water partition coefficient (Wildman–Crippen LogP) is 4.15. The van der Waals surface area contributed by atoms with E-state index in [1.165, 1.54) is 24.9 Å². The zero-order chi connectivity index (χ0) is 22.3. The molecule has 162 valence electrons. The van der Waals surface area contributed by atoms with Crippen LogP contribution in [0.3, 0.4) is 0 Å². The number of furan rings is 1. The first-order valence-corrected chi connectivity index (χ1v) is 10.7. The third-order valence-electron chi connectivity index (χ3n) is 4.42. The number of hydrogen-bond acceptors (Lipinski definition) is 8. The van der Waals surface area contributed by atoms with Crippen LogP contribution in [0.4, 0.5) is 0 Å². The Kier molecular flexibility index (Phi) is 6.66. The van der Waals surface area contributed by atoms with Crippen molar-refractivity contribution in [1.29, 1.82) is 0 Å². The lowest BCUT2D eigenvalue weighted by Crippen LogP contribution is -2.08. The highest BCUT2D eigenvalue weighted by atomic mass is 32.2. The molecule has 0 spiro atoms. The molecule has 0 aliphatic rings. The number of benzene rings is 2. The molecule has 9 heteroatoms. The molecule has 0 atom stereocenters. The molecule has 8 nitrogen and oxygen atoms in total. The number of carbonyl (C=O) groups excluding carboxylic acids is 2. The van der Waals surface area contributed by atoms with Gasteiger partial charge in [-0.3, -0.25) is 9.36 Å². The van der Waals surface area contributed by atoms with Crippen LogP contribution in [0, 0.1) is 0 Å². The van der Waals surface area contributed by atoms with Crippen LogP contribution in [0.15, 0.2) is 82.4 Å². The van der Waals surface area contributed by atoms with E-state index in [2.05, 4.69) is 14.9 Å². The predicted molar refractivity (Wildman–Crippen MR) is 117 cm³/mol. The Balaban J connectivity index is 1.45. The molecule has 0 saturated heterocycles. The van der Waals surface area contributed by atoms with Gasteiger partial charge in [0.2, 0.25) is 5.76 Å². The Morgan fingerprint density at radius 3 is 2.41 bits per heavy atom. The van der Waals surface area contributed by atoms with Gasteiger partial charge in [0, 0.05) is 11.3 Å². The topological polar surface area (TPSA) is 96.5 Å². The molecular weight excluding hydrogens is 430 g/mol. The molecule has 0 radical (unpaired) electrons. The maximum atomic E-state index is 12.3. The van der Waals surface area contributed by atoms with Gasteiger partial charge in [-0.15, -0.1) is 10.2 Å². The summed E-state index contributed by atoms with van der Waals surface area (Å²) in [5.74, 6) is 0.0746. The van der Waals surface area contributed by atoms with Gasteiger partial charge in [-0.05, 0) is 24.3 Å². The monoisotopic (exact) mass is 449 g/mol. The summed E-state index contributed by atoms with van der Waals surface area (Å²) in [5, 5.41) is 9.20. The van der Waals surface area contributed by atoms with Crippen molar-refractivity contribution in [3.8, 4) is 17.1 Å². The third-order valence-corrected chi connectivity index (χ3v) is 5.32. The van der Waals surface area contributed by atoms with Crippen LogP contribution in [0.25, 0.3) is 17.1 Å². The van der Waals surface area contributed by atoms with Gasteiger partial charge in [0.15, 0.2) is 11.0 Å². The second-order valence-electron chi connectivity index (χ2n) is 6.55. The molecular formula is C23H19N3O5S. The normalized spacial score (nSPS) is 10.7. The summed E-state index contributed by atoms with van der Waals surface area (Å²) in [5.41, 5.74) is 1.80. The first-order valence-electron chi connectivity index (χ1n) is 9.67. The van der Waals surface area contributed by atoms with Gasteiger partial charge in [0.25, 0.3) is 0 Å². The maximum absolute atomic E-state index is 12.3. The van der Waals surface area contributed by atoms with E-state index in [0.29, 0.717) is 16.7 Å². The fourth-order valence-electron chi connectivity index (χ4n) is 2.93. The summed E-state index contributed by atoms with van der Waals surface area (Å²) in [6, 6.07) is 22.4. The van der Waals surface area contributed by atoms with E-state index >= 15 is 0 Å². The van der Waals surface area contributed by atoms with Crippen molar-refractivity contribution in [3.05, 3.63) is 84.3 Å². The van der Waals surface area contributed by atoms with Gasteiger partial charge in [0.1, 0.15) is 12.4 Å². The van der Waals surface area contributed by atoms with Gasteiger partial charge < -0.3 is 13.9 Å². The lowest BCUT2D eigenvalue weighted by Gasteiger charge is -2.10. The number of hydrogen-bond donors (Lipinski definition) is 0. The highest BCUT2D eigenvalue weighted by Gasteiger charge is 2.18. The summed E-state index contributed by atoms with van der Waals surface area (Å²) < 4.78 is 17.0.